The predicted octanol–water partition coefficient (Wildman–Crippen LogP) is 2.41. The molecule has 8 heteroatoms. The predicted molar refractivity (Wildman–Crippen MR) is 72.1 cm³/mol. The molecule has 0 amide bonds. The highest BCUT2D eigenvalue weighted by molar-refractivity contribution is 5.93. The Labute approximate surface area is 119 Å². The van der Waals surface area contributed by atoms with Crippen LogP contribution >= 0.6 is 0 Å². The number of carboxylic acids is 1. The number of carboxylic acid groups (broad SMARTS) is 1. The fraction of sp³-hybridized carbons (Fsp3) is 0.462. The maximum absolute atomic E-state index is 13.9. The summed E-state index contributed by atoms with van der Waals surface area (Å²) in [5.41, 5.74) is -1.78. The van der Waals surface area contributed by atoms with E-state index in [1.165, 1.54) is 0 Å². The number of methoxy groups -OCH3 is 1. The molecular weight excluding hydrogens is 283 g/mol. The molecule has 0 bridgehead atoms. The molecule has 0 unspecified atom stereocenters. The van der Waals surface area contributed by atoms with Gasteiger partial charge >= 0.3 is 5.97 Å². The van der Waals surface area contributed by atoms with Crippen molar-refractivity contribution in [2.24, 2.45) is 0 Å². The van der Waals surface area contributed by atoms with E-state index < -0.39 is 28.0 Å². The number of carbonyl (C=O) groups is 1. The van der Waals surface area contributed by atoms with Crippen molar-refractivity contribution < 1.29 is 24.0 Å². The van der Waals surface area contributed by atoms with E-state index in [9.17, 15) is 19.3 Å². The van der Waals surface area contributed by atoms with Crippen LogP contribution in [0.3, 0.4) is 0 Å². The summed E-state index contributed by atoms with van der Waals surface area (Å²) in [4.78, 5) is 20.9. The molecule has 0 saturated heterocycles. The van der Waals surface area contributed by atoms with Crippen molar-refractivity contribution in [3.05, 3.63) is 33.6 Å². The minimum atomic E-state index is -1.48. The van der Waals surface area contributed by atoms with Gasteiger partial charge in [0.1, 0.15) is 5.56 Å². The molecule has 1 aromatic rings. The fourth-order valence-corrected chi connectivity index (χ4v) is 2.30. The molecule has 2 N–H and O–H groups in total. The highest BCUT2D eigenvalue weighted by Crippen LogP contribution is 2.35. The van der Waals surface area contributed by atoms with E-state index in [0.717, 1.165) is 25.3 Å². The highest BCUT2D eigenvalue weighted by Gasteiger charge is 2.37. The van der Waals surface area contributed by atoms with E-state index in [2.05, 4.69) is 5.32 Å². The number of nitrogens with zero attached hydrogens (tertiary/aromatic N) is 1. The van der Waals surface area contributed by atoms with Gasteiger partial charge in [-0.2, -0.15) is 0 Å². The van der Waals surface area contributed by atoms with Crippen LogP contribution in [0.5, 0.6) is 0 Å². The SMILES string of the molecule is COC1(CNc2cc(C(=O)O)c([N+](=O)[O-])cc2F)CCC1. The zero-order chi connectivity index (χ0) is 15.6. The van der Waals surface area contributed by atoms with Gasteiger partial charge in [0.2, 0.25) is 0 Å². The molecule has 0 aliphatic heterocycles. The van der Waals surface area contributed by atoms with Gasteiger partial charge in [-0.05, 0) is 25.3 Å². The molecule has 1 aromatic carbocycles. The third kappa shape index (κ3) is 2.94. The van der Waals surface area contributed by atoms with Gasteiger partial charge in [0, 0.05) is 13.7 Å². The summed E-state index contributed by atoms with van der Waals surface area (Å²) in [6, 6.07) is 1.56. The van der Waals surface area contributed by atoms with Crippen LogP contribution in [0.15, 0.2) is 12.1 Å². The molecule has 21 heavy (non-hydrogen) atoms. The van der Waals surface area contributed by atoms with Gasteiger partial charge in [-0.15, -0.1) is 0 Å². The van der Waals surface area contributed by atoms with Crippen molar-refractivity contribution in [3.8, 4) is 0 Å². The first-order chi connectivity index (χ1) is 9.88. The maximum Gasteiger partial charge on any atom is 0.342 e. The number of benzene rings is 1. The Balaban J connectivity index is 2.25. The normalized spacial score (nSPS) is 16.1. The number of ether oxygens (including phenoxy) is 1. The monoisotopic (exact) mass is 298 g/mol. The van der Waals surface area contributed by atoms with Crippen LogP contribution in [-0.2, 0) is 4.74 Å². The second kappa shape index (κ2) is 5.65. The van der Waals surface area contributed by atoms with Crippen molar-refractivity contribution in [3.63, 3.8) is 0 Å². The summed E-state index contributed by atoms with van der Waals surface area (Å²) in [7, 11) is 1.57. The number of hydrogen-bond acceptors (Lipinski definition) is 5. The minimum absolute atomic E-state index is 0.0821. The van der Waals surface area contributed by atoms with Gasteiger partial charge in [0.15, 0.2) is 5.82 Å². The first-order valence-corrected chi connectivity index (χ1v) is 6.39. The quantitative estimate of drug-likeness (QED) is 0.617. The second-order valence-electron chi connectivity index (χ2n) is 5.01. The van der Waals surface area contributed by atoms with Gasteiger partial charge < -0.3 is 15.2 Å². The Morgan fingerprint density at radius 2 is 2.24 bits per heavy atom. The summed E-state index contributed by atoms with van der Waals surface area (Å²) in [5.74, 6) is -2.34. The lowest BCUT2D eigenvalue weighted by Gasteiger charge is -2.40. The maximum atomic E-state index is 13.9. The largest absolute Gasteiger partial charge is 0.477 e. The van der Waals surface area contributed by atoms with Crippen molar-refractivity contribution >= 4 is 17.3 Å². The Bertz CT molecular complexity index is 581. The molecule has 1 aliphatic rings. The number of aromatic carboxylic acids is 1. The van der Waals surface area contributed by atoms with Crippen molar-refractivity contribution in [1.82, 2.24) is 0 Å². The first kappa shape index (κ1) is 15.2. The van der Waals surface area contributed by atoms with Crippen LogP contribution < -0.4 is 5.32 Å². The van der Waals surface area contributed by atoms with E-state index in [-0.39, 0.29) is 11.3 Å². The Morgan fingerprint density at radius 3 is 2.67 bits per heavy atom. The molecule has 1 saturated carbocycles. The molecule has 0 atom stereocenters. The number of halogens is 1. The third-order valence-electron chi connectivity index (χ3n) is 3.81. The van der Waals surface area contributed by atoms with Gasteiger partial charge in [-0.1, -0.05) is 0 Å². The van der Waals surface area contributed by atoms with Crippen LogP contribution in [-0.4, -0.2) is 35.3 Å². The standard InChI is InChI=1S/C13H15FN2O5/c1-21-13(3-2-4-13)7-15-10-5-8(12(17)18)11(16(19)20)6-9(10)14/h5-6,15H,2-4,7H2,1H3,(H,17,18). The summed E-state index contributed by atoms with van der Waals surface area (Å²) in [6.07, 6.45) is 2.67. The molecule has 2 rings (SSSR count). The Kier molecular flexibility index (Phi) is 4.08. The highest BCUT2D eigenvalue weighted by atomic mass is 19.1. The Morgan fingerprint density at radius 1 is 1.57 bits per heavy atom. The minimum Gasteiger partial charge on any atom is -0.477 e. The van der Waals surface area contributed by atoms with E-state index in [1.807, 2.05) is 0 Å². The molecule has 114 valence electrons. The lowest BCUT2D eigenvalue weighted by atomic mass is 9.80. The van der Waals surface area contributed by atoms with E-state index in [1.54, 1.807) is 7.11 Å². The second-order valence-corrected chi connectivity index (χ2v) is 5.01. The first-order valence-electron chi connectivity index (χ1n) is 6.39. The van der Waals surface area contributed by atoms with Crippen LogP contribution in [0.2, 0.25) is 0 Å². The topological polar surface area (TPSA) is 102 Å². The smallest absolute Gasteiger partial charge is 0.342 e. The van der Waals surface area contributed by atoms with Crippen LogP contribution in [0, 0.1) is 15.9 Å². The van der Waals surface area contributed by atoms with E-state index in [0.29, 0.717) is 12.6 Å². The van der Waals surface area contributed by atoms with Crippen molar-refractivity contribution in [2.75, 3.05) is 19.0 Å². The van der Waals surface area contributed by atoms with Gasteiger partial charge in [0.05, 0.1) is 22.3 Å². The zero-order valence-electron chi connectivity index (χ0n) is 11.4. The lowest BCUT2D eigenvalue weighted by molar-refractivity contribution is -0.385. The average molecular weight is 298 g/mol. The van der Waals surface area contributed by atoms with Crippen LogP contribution in [0.1, 0.15) is 29.6 Å². The average Bonchev–Trinajstić information content (AvgIpc) is 2.38. The fourth-order valence-electron chi connectivity index (χ4n) is 2.30. The summed E-state index contributed by atoms with van der Waals surface area (Å²) < 4.78 is 19.2. The molecule has 1 aliphatic carbocycles. The Hall–Kier alpha value is -2.22. The molecule has 0 aromatic heterocycles. The number of anilines is 1. The molecule has 1 fully saturated rings. The number of nitro groups is 1. The zero-order valence-corrected chi connectivity index (χ0v) is 11.4. The summed E-state index contributed by atoms with van der Waals surface area (Å²) in [6.45, 7) is 0.317. The van der Waals surface area contributed by atoms with Gasteiger partial charge in [-0.25, -0.2) is 9.18 Å². The van der Waals surface area contributed by atoms with Gasteiger partial charge in [-0.3, -0.25) is 10.1 Å². The molecule has 0 heterocycles. The summed E-state index contributed by atoms with van der Waals surface area (Å²) in [5, 5.41) is 22.5. The van der Waals surface area contributed by atoms with E-state index in [4.69, 9.17) is 9.84 Å². The molecular formula is C13H15FN2O5. The molecule has 7 nitrogen and oxygen atoms in total. The molecule has 0 radical (unpaired) electrons. The summed E-state index contributed by atoms with van der Waals surface area (Å²) >= 11 is 0. The van der Waals surface area contributed by atoms with Gasteiger partial charge in [0.25, 0.3) is 5.69 Å². The number of rotatable bonds is 6. The van der Waals surface area contributed by atoms with Crippen molar-refractivity contribution in [1.29, 1.82) is 0 Å². The van der Waals surface area contributed by atoms with E-state index >= 15 is 0 Å². The molecule has 0 spiro atoms. The van der Waals surface area contributed by atoms with Crippen molar-refractivity contribution in [2.45, 2.75) is 24.9 Å². The number of nitro benzene ring substituents is 1. The van der Waals surface area contributed by atoms with Crippen LogP contribution in [0.4, 0.5) is 15.8 Å². The van der Waals surface area contributed by atoms with Crippen LogP contribution in [0.25, 0.3) is 0 Å². The number of nitrogens with one attached hydrogen (secondary N) is 1. The number of hydrogen-bond donors (Lipinski definition) is 2. The third-order valence-corrected chi connectivity index (χ3v) is 3.81. The lowest BCUT2D eigenvalue weighted by Crippen LogP contribution is -2.45.